The van der Waals surface area contributed by atoms with Crippen molar-refractivity contribution in [3.63, 3.8) is 0 Å². The molecule has 0 aromatic heterocycles. The molecule has 0 fully saturated rings. The zero-order chi connectivity index (χ0) is 15.4. The van der Waals surface area contributed by atoms with Crippen molar-refractivity contribution in [2.24, 2.45) is 0 Å². The first-order valence-corrected chi connectivity index (χ1v) is 6.78. The van der Waals surface area contributed by atoms with E-state index in [-0.39, 0.29) is 28.1 Å². The standard InChI is InChI=1S/C14H11Cl2NO4/c15-11-7-10(17(19)20)8-12(16)14(11)21-13-4-2-1-3-9(13)5-6-18/h1-4,7-8,18H,5-6H2. The third-order valence-corrected chi connectivity index (χ3v) is 3.32. The zero-order valence-corrected chi connectivity index (χ0v) is 12.3. The molecule has 0 spiro atoms. The van der Waals surface area contributed by atoms with Gasteiger partial charge in [0.05, 0.1) is 15.0 Å². The number of benzene rings is 2. The van der Waals surface area contributed by atoms with E-state index in [1.54, 1.807) is 18.2 Å². The topological polar surface area (TPSA) is 72.6 Å². The SMILES string of the molecule is O=[N+]([O-])c1cc(Cl)c(Oc2ccccc2CCO)c(Cl)c1. The summed E-state index contributed by atoms with van der Waals surface area (Å²) >= 11 is 12.0. The number of non-ortho nitro benzene ring substituents is 1. The van der Waals surface area contributed by atoms with Crippen LogP contribution in [0.1, 0.15) is 5.56 Å². The normalized spacial score (nSPS) is 10.4. The first-order chi connectivity index (χ1) is 10.0. The van der Waals surface area contributed by atoms with E-state index in [9.17, 15) is 10.1 Å². The Labute approximate surface area is 130 Å². The van der Waals surface area contributed by atoms with Gasteiger partial charge >= 0.3 is 0 Å². The van der Waals surface area contributed by atoms with Gasteiger partial charge in [-0.05, 0) is 18.1 Å². The van der Waals surface area contributed by atoms with Crippen molar-refractivity contribution in [1.82, 2.24) is 0 Å². The van der Waals surface area contributed by atoms with Crippen LogP contribution in [0.4, 0.5) is 5.69 Å². The smallest absolute Gasteiger partial charge is 0.272 e. The van der Waals surface area contributed by atoms with Crippen LogP contribution in [0.3, 0.4) is 0 Å². The minimum Gasteiger partial charge on any atom is -0.454 e. The second kappa shape index (κ2) is 6.76. The molecule has 0 saturated heterocycles. The maximum absolute atomic E-state index is 10.7. The van der Waals surface area contributed by atoms with E-state index in [4.69, 9.17) is 33.0 Å². The van der Waals surface area contributed by atoms with E-state index >= 15 is 0 Å². The highest BCUT2D eigenvalue weighted by Gasteiger charge is 2.17. The van der Waals surface area contributed by atoms with E-state index in [2.05, 4.69) is 0 Å². The number of aliphatic hydroxyl groups excluding tert-OH is 1. The molecule has 0 bridgehead atoms. The van der Waals surface area contributed by atoms with Gasteiger partial charge in [-0.25, -0.2) is 0 Å². The highest BCUT2D eigenvalue weighted by molar-refractivity contribution is 6.37. The second-order valence-corrected chi connectivity index (χ2v) is 4.99. The fourth-order valence-electron chi connectivity index (χ4n) is 1.79. The number of nitro benzene ring substituents is 1. The summed E-state index contributed by atoms with van der Waals surface area (Å²) in [7, 11) is 0. The van der Waals surface area contributed by atoms with Crippen LogP contribution < -0.4 is 4.74 Å². The molecule has 110 valence electrons. The zero-order valence-electron chi connectivity index (χ0n) is 10.8. The number of para-hydroxylation sites is 1. The number of hydrogen-bond acceptors (Lipinski definition) is 4. The van der Waals surface area contributed by atoms with Gasteiger partial charge in [-0.1, -0.05) is 41.4 Å². The van der Waals surface area contributed by atoms with Gasteiger partial charge in [0.25, 0.3) is 5.69 Å². The molecule has 1 N–H and O–H groups in total. The Hall–Kier alpha value is -1.82. The number of nitro groups is 1. The maximum atomic E-state index is 10.7. The summed E-state index contributed by atoms with van der Waals surface area (Å²) in [6, 6.07) is 9.45. The van der Waals surface area contributed by atoms with Crippen molar-refractivity contribution in [2.45, 2.75) is 6.42 Å². The van der Waals surface area contributed by atoms with Crippen molar-refractivity contribution < 1.29 is 14.8 Å². The monoisotopic (exact) mass is 327 g/mol. The molecule has 2 rings (SSSR count). The van der Waals surface area contributed by atoms with Gasteiger partial charge in [0.15, 0.2) is 5.75 Å². The Morgan fingerprint density at radius 1 is 1.19 bits per heavy atom. The lowest BCUT2D eigenvalue weighted by atomic mass is 10.1. The minimum absolute atomic E-state index is 0.0257. The second-order valence-electron chi connectivity index (χ2n) is 4.18. The molecule has 0 radical (unpaired) electrons. The van der Waals surface area contributed by atoms with Crippen molar-refractivity contribution in [1.29, 1.82) is 0 Å². The average molecular weight is 328 g/mol. The summed E-state index contributed by atoms with van der Waals surface area (Å²) in [4.78, 5) is 10.2. The van der Waals surface area contributed by atoms with E-state index in [0.717, 1.165) is 5.56 Å². The van der Waals surface area contributed by atoms with E-state index in [1.807, 2.05) is 6.07 Å². The fraction of sp³-hybridized carbons (Fsp3) is 0.143. The van der Waals surface area contributed by atoms with Crippen LogP contribution in [0.15, 0.2) is 36.4 Å². The van der Waals surface area contributed by atoms with Crippen molar-refractivity contribution in [3.05, 3.63) is 62.1 Å². The predicted octanol–water partition coefficient (Wildman–Crippen LogP) is 4.23. The molecule has 0 atom stereocenters. The lowest BCUT2D eigenvalue weighted by molar-refractivity contribution is -0.384. The Balaban J connectivity index is 2.38. The van der Waals surface area contributed by atoms with Crippen LogP contribution >= 0.6 is 23.2 Å². The molecular formula is C14H11Cl2NO4. The molecule has 0 amide bonds. The van der Waals surface area contributed by atoms with Gasteiger partial charge in [0.1, 0.15) is 5.75 Å². The van der Waals surface area contributed by atoms with Gasteiger partial charge in [-0.15, -0.1) is 0 Å². The summed E-state index contributed by atoms with van der Waals surface area (Å²) in [5.74, 6) is 0.638. The summed E-state index contributed by atoms with van der Waals surface area (Å²) in [5, 5.41) is 19.9. The van der Waals surface area contributed by atoms with Gasteiger partial charge in [0, 0.05) is 18.7 Å². The Morgan fingerprint density at radius 2 is 1.81 bits per heavy atom. The van der Waals surface area contributed by atoms with E-state index in [0.29, 0.717) is 12.2 Å². The number of ether oxygens (including phenoxy) is 1. The molecular weight excluding hydrogens is 317 g/mol. The fourth-order valence-corrected chi connectivity index (χ4v) is 2.34. The number of nitrogens with zero attached hydrogens (tertiary/aromatic N) is 1. The molecule has 21 heavy (non-hydrogen) atoms. The molecule has 0 unspecified atom stereocenters. The Kier molecular flexibility index (Phi) is 5.01. The number of hydrogen-bond donors (Lipinski definition) is 1. The van der Waals surface area contributed by atoms with Crippen LogP contribution in [-0.4, -0.2) is 16.6 Å². The van der Waals surface area contributed by atoms with Gasteiger partial charge < -0.3 is 9.84 Å². The van der Waals surface area contributed by atoms with Crippen molar-refractivity contribution >= 4 is 28.9 Å². The number of halogens is 2. The third-order valence-electron chi connectivity index (χ3n) is 2.76. The van der Waals surface area contributed by atoms with Crippen LogP contribution in [0.2, 0.25) is 10.0 Å². The summed E-state index contributed by atoms with van der Waals surface area (Å²) in [6.45, 7) is -0.0257. The van der Waals surface area contributed by atoms with E-state index < -0.39 is 4.92 Å². The Morgan fingerprint density at radius 3 is 2.38 bits per heavy atom. The first-order valence-electron chi connectivity index (χ1n) is 6.03. The summed E-state index contributed by atoms with van der Waals surface area (Å²) in [5.41, 5.74) is 0.575. The van der Waals surface area contributed by atoms with Crippen LogP contribution in [0.25, 0.3) is 0 Å². The van der Waals surface area contributed by atoms with Crippen LogP contribution in [0, 0.1) is 10.1 Å². The van der Waals surface area contributed by atoms with E-state index in [1.165, 1.54) is 12.1 Å². The summed E-state index contributed by atoms with van der Waals surface area (Å²) < 4.78 is 5.66. The Bertz CT molecular complexity index is 653. The lowest BCUT2D eigenvalue weighted by Gasteiger charge is -2.12. The van der Waals surface area contributed by atoms with Gasteiger partial charge in [0.2, 0.25) is 0 Å². The molecule has 5 nitrogen and oxygen atoms in total. The molecule has 2 aromatic carbocycles. The average Bonchev–Trinajstić information content (AvgIpc) is 2.44. The maximum Gasteiger partial charge on any atom is 0.272 e. The molecule has 0 aliphatic heterocycles. The summed E-state index contributed by atoms with van der Waals surface area (Å²) in [6.07, 6.45) is 0.415. The molecule has 7 heteroatoms. The largest absolute Gasteiger partial charge is 0.454 e. The van der Waals surface area contributed by atoms with Crippen LogP contribution in [-0.2, 0) is 6.42 Å². The molecule has 0 aliphatic rings. The predicted molar refractivity (Wildman–Crippen MR) is 80.4 cm³/mol. The lowest BCUT2D eigenvalue weighted by Crippen LogP contribution is -1.96. The number of rotatable bonds is 5. The molecule has 0 heterocycles. The van der Waals surface area contributed by atoms with Crippen molar-refractivity contribution in [3.8, 4) is 11.5 Å². The minimum atomic E-state index is -0.582. The van der Waals surface area contributed by atoms with Gasteiger partial charge in [-0.3, -0.25) is 10.1 Å². The van der Waals surface area contributed by atoms with Crippen LogP contribution in [0.5, 0.6) is 11.5 Å². The third kappa shape index (κ3) is 3.64. The highest BCUT2D eigenvalue weighted by Crippen LogP contribution is 2.40. The first kappa shape index (κ1) is 15.6. The molecule has 0 saturated carbocycles. The highest BCUT2D eigenvalue weighted by atomic mass is 35.5. The number of aliphatic hydroxyl groups is 1. The molecule has 0 aliphatic carbocycles. The van der Waals surface area contributed by atoms with Crippen molar-refractivity contribution in [2.75, 3.05) is 6.61 Å². The quantitative estimate of drug-likeness (QED) is 0.658. The molecule has 2 aromatic rings. The van der Waals surface area contributed by atoms with Gasteiger partial charge in [-0.2, -0.15) is 0 Å².